The van der Waals surface area contributed by atoms with Crippen molar-refractivity contribution < 1.29 is 0 Å². The summed E-state index contributed by atoms with van der Waals surface area (Å²) in [5, 5.41) is 8.52. The summed E-state index contributed by atoms with van der Waals surface area (Å²) in [5.41, 5.74) is 0. The van der Waals surface area contributed by atoms with Crippen molar-refractivity contribution >= 4 is 11.8 Å². The van der Waals surface area contributed by atoms with Gasteiger partial charge in [-0.25, -0.2) is 0 Å². The third-order valence-corrected chi connectivity index (χ3v) is 4.20. The summed E-state index contributed by atoms with van der Waals surface area (Å²) in [6.07, 6.45) is 9.01. The van der Waals surface area contributed by atoms with Crippen molar-refractivity contribution in [2.24, 2.45) is 0 Å². The Morgan fingerprint density at radius 2 is 1.95 bits per heavy atom. The van der Waals surface area contributed by atoms with Crippen LogP contribution in [0.25, 0.3) is 0 Å². The molecule has 0 aromatic carbocycles. The van der Waals surface area contributed by atoms with E-state index in [9.17, 15) is 0 Å². The van der Waals surface area contributed by atoms with Crippen molar-refractivity contribution in [2.75, 3.05) is 29.4 Å². The number of hydrogen-bond donors (Lipinski definition) is 0. The van der Waals surface area contributed by atoms with Crippen molar-refractivity contribution in [3.8, 4) is 0 Å². The molecule has 5 nitrogen and oxygen atoms in total. The van der Waals surface area contributed by atoms with E-state index in [1.165, 1.54) is 19.3 Å². The topological polar surface area (TPSA) is 45.2 Å². The summed E-state index contributed by atoms with van der Waals surface area (Å²) >= 11 is 0. The molecule has 1 aromatic rings. The number of nitrogens with zero attached hydrogens (tertiary/aromatic N) is 5. The molecule has 5 heteroatoms. The van der Waals surface area contributed by atoms with Crippen LogP contribution in [0.15, 0.2) is 6.20 Å². The van der Waals surface area contributed by atoms with E-state index >= 15 is 0 Å². The fourth-order valence-corrected chi connectivity index (χ4v) is 3.13. The number of piperidine rings is 1. The Labute approximate surface area is 128 Å². The second-order valence-corrected chi connectivity index (χ2v) is 5.85. The molecule has 1 saturated heterocycles. The Bertz CT molecular complexity index is 417. The molecule has 0 radical (unpaired) electrons. The molecular formula is C16H29N5. The van der Waals surface area contributed by atoms with Gasteiger partial charge in [0.2, 0.25) is 5.95 Å². The lowest BCUT2D eigenvalue weighted by Crippen LogP contribution is -2.40. The lowest BCUT2D eigenvalue weighted by molar-refractivity contribution is 0.441. The summed E-state index contributed by atoms with van der Waals surface area (Å²) in [6, 6.07) is 0.571. The first-order chi connectivity index (χ1) is 10.3. The van der Waals surface area contributed by atoms with Crippen molar-refractivity contribution in [2.45, 2.75) is 65.3 Å². The third kappa shape index (κ3) is 4.05. The maximum Gasteiger partial charge on any atom is 0.247 e. The predicted octanol–water partition coefficient (Wildman–Crippen LogP) is 3.27. The predicted molar refractivity (Wildman–Crippen MR) is 87.9 cm³/mol. The zero-order valence-corrected chi connectivity index (χ0v) is 13.8. The minimum atomic E-state index is 0.571. The highest BCUT2D eigenvalue weighted by atomic mass is 15.4. The quantitative estimate of drug-likeness (QED) is 0.771. The van der Waals surface area contributed by atoms with Crippen LogP contribution >= 0.6 is 0 Å². The van der Waals surface area contributed by atoms with Crippen LogP contribution in [0.4, 0.5) is 11.8 Å². The summed E-state index contributed by atoms with van der Waals surface area (Å²) < 4.78 is 0. The van der Waals surface area contributed by atoms with Gasteiger partial charge in [-0.05, 0) is 38.5 Å². The normalized spacial score (nSPS) is 18.8. The third-order valence-electron chi connectivity index (χ3n) is 4.20. The Kier molecular flexibility index (Phi) is 6.21. The second kappa shape index (κ2) is 8.15. The van der Waals surface area contributed by atoms with Gasteiger partial charge in [-0.1, -0.05) is 20.8 Å². The Morgan fingerprint density at radius 1 is 1.19 bits per heavy atom. The number of hydrogen-bond acceptors (Lipinski definition) is 5. The van der Waals surface area contributed by atoms with E-state index in [1.807, 2.05) is 0 Å². The smallest absolute Gasteiger partial charge is 0.247 e. The van der Waals surface area contributed by atoms with Crippen LogP contribution in [-0.4, -0.2) is 40.9 Å². The molecule has 2 heterocycles. The fraction of sp³-hybridized carbons (Fsp3) is 0.812. The van der Waals surface area contributed by atoms with E-state index in [4.69, 9.17) is 4.98 Å². The molecule has 1 atom stereocenters. The summed E-state index contributed by atoms with van der Waals surface area (Å²) in [5.74, 6) is 1.79. The zero-order chi connectivity index (χ0) is 15.1. The monoisotopic (exact) mass is 291 g/mol. The van der Waals surface area contributed by atoms with Gasteiger partial charge in [-0.15, -0.1) is 5.10 Å². The maximum absolute atomic E-state index is 4.81. The first kappa shape index (κ1) is 16.0. The average Bonchev–Trinajstić information content (AvgIpc) is 2.55. The molecule has 1 unspecified atom stereocenters. The van der Waals surface area contributed by atoms with Crippen molar-refractivity contribution in [3.05, 3.63) is 6.20 Å². The highest BCUT2D eigenvalue weighted by Crippen LogP contribution is 2.24. The van der Waals surface area contributed by atoms with E-state index < -0.39 is 0 Å². The largest absolute Gasteiger partial charge is 0.355 e. The van der Waals surface area contributed by atoms with Crippen LogP contribution < -0.4 is 9.80 Å². The number of anilines is 2. The van der Waals surface area contributed by atoms with E-state index in [0.717, 1.165) is 50.7 Å². The molecule has 1 aliphatic rings. The minimum Gasteiger partial charge on any atom is -0.355 e. The minimum absolute atomic E-state index is 0.571. The highest BCUT2D eigenvalue weighted by molar-refractivity contribution is 5.42. The van der Waals surface area contributed by atoms with E-state index in [1.54, 1.807) is 6.20 Å². The molecule has 0 spiro atoms. The lowest BCUT2D eigenvalue weighted by atomic mass is 10.0. The van der Waals surface area contributed by atoms with Crippen LogP contribution in [0.3, 0.4) is 0 Å². The van der Waals surface area contributed by atoms with Crippen LogP contribution in [-0.2, 0) is 0 Å². The maximum atomic E-state index is 4.81. The molecule has 0 N–H and O–H groups in total. The van der Waals surface area contributed by atoms with Crippen LogP contribution in [0.2, 0.25) is 0 Å². The Balaban J connectivity index is 2.19. The van der Waals surface area contributed by atoms with Gasteiger partial charge in [0.15, 0.2) is 5.82 Å². The first-order valence-electron chi connectivity index (χ1n) is 8.51. The molecule has 118 valence electrons. The zero-order valence-electron chi connectivity index (χ0n) is 13.8. The molecule has 1 aliphatic heterocycles. The average molecular weight is 291 g/mol. The van der Waals surface area contributed by atoms with Gasteiger partial charge < -0.3 is 9.80 Å². The Morgan fingerprint density at radius 3 is 2.62 bits per heavy atom. The van der Waals surface area contributed by atoms with Gasteiger partial charge in [-0.2, -0.15) is 10.1 Å². The summed E-state index contributed by atoms with van der Waals surface area (Å²) in [4.78, 5) is 9.49. The second-order valence-electron chi connectivity index (χ2n) is 5.85. The van der Waals surface area contributed by atoms with E-state index in [2.05, 4.69) is 40.8 Å². The van der Waals surface area contributed by atoms with Crippen LogP contribution in [0.5, 0.6) is 0 Å². The van der Waals surface area contributed by atoms with Crippen LogP contribution in [0.1, 0.15) is 59.3 Å². The molecular weight excluding hydrogens is 262 g/mol. The fourth-order valence-electron chi connectivity index (χ4n) is 3.13. The highest BCUT2D eigenvalue weighted by Gasteiger charge is 2.24. The van der Waals surface area contributed by atoms with Crippen molar-refractivity contribution in [1.29, 1.82) is 0 Å². The van der Waals surface area contributed by atoms with Gasteiger partial charge in [-0.3, -0.25) is 0 Å². The molecule has 0 amide bonds. The number of rotatable bonds is 7. The first-order valence-corrected chi connectivity index (χ1v) is 8.51. The Hall–Kier alpha value is -1.39. The van der Waals surface area contributed by atoms with Gasteiger partial charge in [0.25, 0.3) is 0 Å². The standard InChI is InChI=1S/C16H29N5/c1-4-10-20(11-5-2)15-13-17-19-16(18-15)21-12-8-7-9-14(21)6-3/h13-14H,4-12H2,1-3H3. The van der Waals surface area contributed by atoms with Gasteiger partial charge in [0.1, 0.15) is 0 Å². The molecule has 0 aliphatic carbocycles. The van der Waals surface area contributed by atoms with Crippen LogP contribution in [0, 0.1) is 0 Å². The van der Waals surface area contributed by atoms with Crippen molar-refractivity contribution in [1.82, 2.24) is 15.2 Å². The number of aromatic nitrogens is 3. The van der Waals surface area contributed by atoms with E-state index in [0.29, 0.717) is 6.04 Å². The summed E-state index contributed by atoms with van der Waals surface area (Å²) in [6.45, 7) is 9.78. The molecule has 0 saturated carbocycles. The summed E-state index contributed by atoms with van der Waals surface area (Å²) in [7, 11) is 0. The van der Waals surface area contributed by atoms with Gasteiger partial charge in [0, 0.05) is 25.7 Å². The molecule has 1 fully saturated rings. The molecule has 21 heavy (non-hydrogen) atoms. The molecule has 0 bridgehead atoms. The lowest BCUT2D eigenvalue weighted by Gasteiger charge is -2.35. The molecule has 2 rings (SSSR count). The van der Waals surface area contributed by atoms with Crippen molar-refractivity contribution in [3.63, 3.8) is 0 Å². The SMILES string of the molecule is CCCN(CCC)c1cnnc(N2CCCCC2CC)n1. The van der Waals surface area contributed by atoms with Gasteiger partial charge in [0.05, 0.1) is 6.20 Å². The molecule has 1 aromatic heterocycles. The van der Waals surface area contributed by atoms with E-state index in [-0.39, 0.29) is 0 Å². The van der Waals surface area contributed by atoms with Gasteiger partial charge >= 0.3 is 0 Å².